The molecule has 1 aliphatic rings. The molecule has 2 N–H and O–H groups in total. The van der Waals surface area contributed by atoms with Crippen molar-refractivity contribution in [2.24, 2.45) is 0 Å². The normalized spacial score (nSPS) is 15.1. The van der Waals surface area contributed by atoms with E-state index in [0.717, 1.165) is 53.8 Å². The molecule has 168 valence electrons. The third kappa shape index (κ3) is 4.59. The van der Waals surface area contributed by atoms with Crippen LogP contribution in [0.3, 0.4) is 0 Å². The van der Waals surface area contributed by atoms with Crippen LogP contribution in [0.25, 0.3) is 22.2 Å². The molecular weight excluding hydrogens is 419 g/mol. The molecule has 1 aromatic heterocycles. The molecule has 0 spiro atoms. The van der Waals surface area contributed by atoms with Crippen molar-refractivity contribution >= 4 is 22.6 Å². The zero-order valence-electron chi connectivity index (χ0n) is 18.1. The Kier molecular flexibility index (Phi) is 5.79. The number of benzene rings is 3. The van der Waals surface area contributed by atoms with Crippen molar-refractivity contribution in [2.45, 2.75) is 18.9 Å². The fourth-order valence-corrected chi connectivity index (χ4v) is 4.56. The summed E-state index contributed by atoms with van der Waals surface area (Å²) in [6, 6.07) is 21.7. The number of halogens is 1. The van der Waals surface area contributed by atoms with Crippen molar-refractivity contribution in [3.8, 4) is 11.1 Å². The first-order valence-corrected chi connectivity index (χ1v) is 11.1. The van der Waals surface area contributed by atoms with Crippen LogP contribution in [0.15, 0.2) is 77.6 Å². The van der Waals surface area contributed by atoms with Gasteiger partial charge in [0.1, 0.15) is 5.82 Å². The lowest BCUT2D eigenvalue weighted by Crippen LogP contribution is -2.40. The number of likely N-dealkylation sites (tertiary alicyclic amines) is 1. The lowest BCUT2D eigenvalue weighted by Gasteiger charge is -2.32. The number of carbonyl (C=O) groups is 1. The maximum Gasteiger partial charge on any atom is 0.326 e. The van der Waals surface area contributed by atoms with Crippen LogP contribution in [-0.4, -0.2) is 40.0 Å². The summed E-state index contributed by atoms with van der Waals surface area (Å²) in [4.78, 5) is 30.0. The van der Waals surface area contributed by atoms with Gasteiger partial charge in [-0.25, -0.2) is 9.18 Å². The second-order valence-corrected chi connectivity index (χ2v) is 8.46. The van der Waals surface area contributed by atoms with E-state index in [4.69, 9.17) is 0 Å². The molecule has 3 aromatic carbocycles. The van der Waals surface area contributed by atoms with Gasteiger partial charge in [0.15, 0.2) is 0 Å². The standard InChI is InChI=1S/C26H25FN4O2/c27-20-9-5-18(6-10-20)19-7-11-21(12-8-19)28-25(32)17-30-15-13-22(14-16-30)31-24-4-2-1-3-23(24)29-26(31)33/h1-12,22H,13-17H2,(H,28,32)(H,29,33). The monoisotopic (exact) mass is 444 g/mol. The lowest BCUT2D eigenvalue weighted by atomic mass is 10.0. The number of rotatable bonds is 5. The Morgan fingerprint density at radius 1 is 0.939 bits per heavy atom. The second-order valence-electron chi connectivity index (χ2n) is 8.46. The van der Waals surface area contributed by atoms with Gasteiger partial charge in [-0.1, -0.05) is 36.4 Å². The minimum atomic E-state index is -0.264. The zero-order valence-corrected chi connectivity index (χ0v) is 18.1. The Bertz CT molecular complexity index is 1320. The molecule has 5 rings (SSSR count). The molecule has 0 atom stereocenters. The van der Waals surface area contributed by atoms with Crippen molar-refractivity contribution in [3.63, 3.8) is 0 Å². The van der Waals surface area contributed by atoms with Crippen molar-refractivity contribution < 1.29 is 9.18 Å². The summed E-state index contributed by atoms with van der Waals surface area (Å²) in [5.74, 6) is -0.326. The molecule has 0 unspecified atom stereocenters. The molecule has 0 aliphatic carbocycles. The highest BCUT2D eigenvalue weighted by molar-refractivity contribution is 5.92. The van der Waals surface area contributed by atoms with Crippen LogP contribution in [0.4, 0.5) is 10.1 Å². The van der Waals surface area contributed by atoms with E-state index in [1.807, 2.05) is 53.1 Å². The third-order valence-corrected chi connectivity index (χ3v) is 6.26. The molecule has 0 radical (unpaired) electrons. The Hall–Kier alpha value is -3.71. The van der Waals surface area contributed by atoms with Gasteiger partial charge in [0, 0.05) is 24.8 Å². The number of amides is 1. The number of anilines is 1. The number of piperidine rings is 1. The molecule has 7 heteroatoms. The number of imidazole rings is 1. The molecule has 33 heavy (non-hydrogen) atoms. The van der Waals surface area contributed by atoms with E-state index >= 15 is 0 Å². The summed E-state index contributed by atoms with van der Waals surface area (Å²) in [7, 11) is 0. The molecule has 1 saturated heterocycles. The highest BCUT2D eigenvalue weighted by Crippen LogP contribution is 2.25. The van der Waals surface area contributed by atoms with Crippen LogP contribution >= 0.6 is 0 Å². The van der Waals surface area contributed by atoms with E-state index in [-0.39, 0.29) is 23.5 Å². The average molecular weight is 445 g/mol. The summed E-state index contributed by atoms with van der Waals surface area (Å²) in [5.41, 5.74) is 4.33. The molecule has 0 saturated carbocycles. The number of aromatic amines is 1. The highest BCUT2D eigenvalue weighted by atomic mass is 19.1. The van der Waals surface area contributed by atoms with Gasteiger partial charge in [0.2, 0.25) is 5.91 Å². The molecule has 4 aromatic rings. The molecular formula is C26H25FN4O2. The molecule has 6 nitrogen and oxygen atoms in total. The first-order valence-electron chi connectivity index (χ1n) is 11.1. The summed E-state index contributed by atoms with van der Waals surface area (Å²) in [6.45, 7) is 1.83. The van der Waals surface area contributed by atoms with Crippen LogP contribution in [0.1, 0.15) is 18.9 Å². The fraction of sp³-hybridized carbons (Fsp3) is 0.231. The van der Waals surface area contributed by atoms with E-state index in [0.29, 0.717) is 6.54 Å². The van der Waals surface area contributed by atoms with Crippen LogP contribution in [0.5, 0.6) is 0 Å². The van der Waals surface area contributed by atoms with Gasteiger partial charge in [-0.2, -0.15) is 0 Å². The number of hydrogen-bond donors (Lipinski definition) is 2. The van der Waals surface area contributed by atoms with Gasteiger partial charge < -0.3 is 10.3 Å². The highest BCUT2D eigenvalue weighted by Gasteiger charge is 2.24. The maximum atomic E-state index is 13.1. The topological polar surface area (TPSA) is 70.1 Å². The van der Waals surface area contributed by atoms with E-state index in [1.165, 1.54) is 12.1 Å². The second kappa shape index (κ2) is 9.03. The van der Waals surface area contributed by atoms with Crippen LogP contribution in [0, 0.1) is 5.82 Å². The third-order valence-electron chi connectivity index (χ3n) is 6.26. The average Bonchev–Trinajstić information content (AvgIpc) is 3.16. The Labute approximate surface area is 190 Å². The smallest absolute Gasteiger partial charge is 0.325 e. The SMILES string of the molecule is O=C(CN1CCC(n2c(=O)[nH]c3ccccc32)CC1)Nc1ccc(-c2ccc(F)cc2)cc1. The largest absolute Gasteiger partial charge is 0.326 e. The molecule has 1 aliphatic heterocycles. The number of fused-ring (bicyclic) bond motifs is 1. The number of nitrogens with zero attached hydrogens (tertiary/aromatic N) is 2. The van der Waals surface area contributed by atoms with Gasteiger partial charge in [-0.15, -0.1) is 0 Å². The summed E-state index contributed by atoms with van der Waals surface area (Å²) in [5, 5.41) is 2.95. The molecule has 0 bridgehead atoms. The van der Waals surface area contributed by atoms with Crippen LogP contribution in [-0.2, 0) is 4.79 Å². The lowest BCUT2D eigenvalue weighted by molar-refractivity contribution is -0.117. The summed E-state index contributed by atoms with van der Waals surface area (Å²) < 4.78 is 15.0. The molecule has 2 heterocycles. The van der Waals surface area contributed by atoms with E-state index < -0.39 is 0 Å². The van der Waals surface area contributed by atoms with Crippen molar-refractivity contribution in [1.29, 1.82) is 0 Å². The fourth-order valence-electron chi connectivity index (χ4n) is 4.56. The predicted molar refractivity (Wildman–Crippen MR) is 128 cm³/mol. The number of aromatic nitrogens is 2. The summed E-state index contributed by atoms with van der Waals surface area (Å²) in [6.07, 6.45) is 1.64. The van der Waals surface area contributed by atoms with Gasteiger partial charge in [0.05, 0.1) is 17.6 Å². The van der Waals surface area contributed by atoms with Crippen molar-refractivity contribution in [2.75, 3.05) is 25.0 Å². The molecule has 1 amide bonds. The van der Waals surface area contributed by atoms with Crippen LogP contribution < -0.4 is 11.0 Å². The van der Waals surface area contributed by atoms with E-state index in [2.05, 4.69) is 15.2 Å². The Morgan fingerprint density at radius 3 is 2.27 bits per heavy atom. The van der Waals surface area contributed by atoms with Crippen molar-refractivity contribution in [3.05, 3.63) is 89.1 Å². The molecule has 1 fully saturated rings. The first kappa shape index (κ1) is 21.2. The summed E-state index contributed by atoms with van der Waals surface area (Å²) >= 11 is 0. The Morgan fingerprint density at radius 2 is 1.58 bits per heavy atom. The van der Waals surface area contributed by atoms with Crippen LogP contribution in [0.2, 0.25) is 0 Å². The minimum absolute atomic E-state index is 0.0627. The first-order chi connectivity index (χ1) is 16.1. The quantitative estimate of drug-likeness (QED) is 0.479. The predicted octanol–water partition coefficient (Wildman–Crippen LogP) is 4.41. The zero-order chi connectivity index (χ0) is 22.8. The van der Waals surface area contributed by atoms with Gasteiger partial charge in [-0.3, -0.25) is 14.3 Å². The number of nitrogens with one attached hydrogen (secondary N) is 2. The number of para-hydroxylation sites is 2. The Balaban J connectivity index is 1.16. The van der Waals surface area contributed by atoms with Gasteiger partial charge >= 0.3 is 5.69 Å². The number of carbonyl (C=O) groups excluding carboxylic acids is 1. The number of hydrogen-bond acceptors (Lipinski definition) is 3. The van der Waals surface area contributed by atoms with E-state index in [1.54, 1.807) is 12.1 Å². The van der Waals surface area contributed by atoms with Gasteiger partial charge in [-0.05, 0) is 60.4 Å². The van der Waals surface area contributed by atoms with Gasteiger partial charge in [0.25, 0.3) is 0 Å². The van der Waals surface area contributed by atoms with Crippen molar-refractivity contribution in [1.82, 2.24) is 14.5 Å². The van der Waals surface area contributed by atoms with E-state index in [9.17, 15) is 14.0 Å². The minimum Gasteiger partial charge on any atom is -0.325 e. The number of H-pyrrole nitrogens is 1. The maximum absolute atomic E-state index is 13.1.